The second kappa shape index (κ2) is 7.70. The number of carbonyl (C=O) groups is 3. The van der Waals surface area contributed by atoms with Gasteiger partial charge in [-0.2, -0.15) is 0 Å². The normalized spacial score (nSPS) is 15.0. The molecule has 0 unspecified atom stereocenters. The zero-order chi connectivity index (χ0) is 21.4. The van der Waals surface area contributed by atoms with Crippen molar-refractivity contribution in [3.63, 3.8) is 0 Å². The van der Waals surface area contributed by atoms with Gasteiger partial charge >= 0.3 is 5.97 Å². The summed E-state index contributed by atoms with van der Waals surface area (Å²) in [5.74, 6) is -1.55. The second-order valence-electron chi connectivity index (χ2n) is 6.32. The van der Waals surface area contributed by atoms with Crippen LogP contribution in [0.2, 0.25) is 10.0 Å². The Morgan fingerprint density at radius 1 is 1.03 bits per heavy atom. The van der Waals surface area contributed by atoms with Crippen molar-refractivity contribution < 1.29 is 23.9 Å². The molecule has 2 amide bonds. The first-order valence-corrected chi connectivity index (χ1v) is 9.35. The molecule has 1 aliphatic rings. The molecule has 0 aliphatic carbocycles. The number of aromatic carboxylic acids is 1. The van der Waals surface area contributed by atoms with Crippen LogP contribution in [0.4, 0.5) is 5.69 Å². The van der Waals surface area contributed by atoms with E-state index in [0.717, 1.165) is 5.01 Å². The number of carboxylic acids is 1. The highest BCUT2D eigenvalue weighted by Gasteiger charge is 2.34. The van der Waals surface area contributed by atoms with Crippen LogP contribution in [-0.4, -0.2) is 22.9 Å². The number of rotatable bonds is 4. The van der Waals surface area contributed by atoms with E-state index in [1.54, 1.807) is 42.5 Å². The van der Waals surface area contributed by atoms with Crippen LogP contribution in [0.25, 0.3) is 17.4 Å². The Morgan fingerprint density at radius 2 is 1.77 bits per heavy atom. The molecule has 0 atom stereocenters. The molecule has 2 N–H and O–H groups in total. The minimum atomic E-state index is -1.13. The summed E-state index contributed by atoms with van der Waals surface area (Å²) in [6.45, 7) is 0. The van der Waals surface area contributed by atoms with E-state index in [1.807, 2.05) is 0 Å². The summed E-state index contributed by atoms with van der Waals surface area (Å²) >= 11 is 11.8. The first kappa shape index (κ1) is 19.8. The third-order valence-corrected chi connectivity index (χ3v) is 4.94. The predicted molar refractivity (Wildman–Crippen MR) is 111 cm³/mol. The Bertz CT molecular complexity index is 1210. The first-order chi connectivity index (χ1) is 14.3. The summed E-state index contributed by atoms with van der Waals surface area (Å²) in [5.41, 5.74) is 3.40. The maximum atomic E-state index is 12.7. The van der Waals surface area contributed by atoms with Crippen LogP contribution in [-0.2, 0) is 9.59 Å². The van der Waals surface area contributed by atoms with Gasteiger partial charge < -0.3 is 9.52 Å². The molecule has 150 valence electrons. The molecule has 0 spiro atoms. The molecule has 2 heterocycles. The molecule has 1 fully saturated rings. The lowest BCUT2D eigenvalue weighted by atomic mass is 10.1. The Hall–Kier alpha value is -3.55. The van der Waals surface area contributed by atoms with E-state index in [-0.39, 0.29) is 21.9 Å². The van der Waals surface area contributed by atoms with E-state index in [9.17, 15) is 14.4 Å². The molecule has 0 saturated carbocycles. The van der Waals surface area contributed by atoms with Gasteiger partial charge in [-0.15, -0.1) is 0 Å². The summed E-state index contributed by atoms with van der Waals surface area (Å²) < 4.78 is 5.69. The average molecular weight is 443 g/mol. The lowest BCUT2D eigenvalue weighted by molar-refractivity contribution is -0.117. The number of nitrogens with zero attached hydrogens (tertiary/aromatic N) is 1. The summed E-state index contributed by atoms with van der Waals surface area (Å²) in [4.78, 5) is 36.0. The molecular formula is C21H12Cl2N2O5. The number of furan rings is 1. The van der Waals surface area contributed by atoms with E-state index < -0.39 is 17.8 Å². The lowest BCUT2D eigenvalue weighted by Crippen LogP contribution is -2.35. The monoisotopic (exact) mass is 442 g/mol. The summed E-state index contributed by atoms with van der Waals surface area (Å²) in [6, 6.07) is 14.1. The molecule has 7 nitrogen and oxygen atoms in total. The molecule has 1 aliphatic heterocycles. The van der Waals surface area contributed by atoms with Gasteiger partial charge in [0.05, 0.1) is 16.3 Å². The highest BCUT2D eigenvalue weighted by molar-refractivity contribution is 6.34. The molecule has 0 radical (unpaired) electrons. The van der Waals surface area contributed by atoms with Crippen LogP contribution < -0.4 is 10.4 Å². The molecule has 1 aromatic heterocycles. The van der Waals surface area contributed by atoms with Crippen LogP contribution in [0.3, 0.4) is 0 Å². The van der Waals surface area contributed by atoms with Gasteiger partial charge in [0.15, 0.2) is 0 Å². The molecule has 3 aromatic rings. The minimum Gasteiger partial charge on any atom is -0.478 e. The molecule has 9 heteroatoms. The molecular weight excluding hydrogens is 431 g/mol. The van der Waals surface area contributed by atoms with E-state index in [2.05, 4.69) is 5.43 Å². The number of carbonyl (C=O) groups excluding carboxylic acids is 2. The smallest absolute Gasteiger partial charge is 0.337 e. The van der Waals surface area contributed by atoms with Gasteiger partial charge in [0.1, 0.15) is 17.1 Å². The van der Waals surface area contributed by atoms with Gasteiger partial charge in [-0.3, -0.25) is 15.0 Å². The van der Waals surface area contributed by atoms with Gasteiger partial charge in [-0.1, -0.05) is 29.3 Å². The Morgan fingerprint density at radius 3 is 2.43 bits per heavy atom. The van der Waals surface area contributed by atoms with Gasteiger partial charge in [0.2, 0.25) is 0 Å². The largest absolute Gasteiger partial charge is 0.478 e. The number of halogens is 2. The Kier molecular flexibility index (Phi) is 5.07. The van der Waals surface area contributed by atoms with Crippen molar-refractivity contribution in [3.8, 4) is 11.3 Å². The number of hydrazine groups is 1. The van der Waals surface area contributed by atoms with Crippen molar-refractivity contribution in [2.75, 3.05) is 5.01 Å². The molecule has 30 heavy (non-hydrogen) atoms. The van der Waals surface area contributed by atoms with Crippen LogP contribution in [0.1, 0.15) is 16.1 Å². The number of hydrogen-bond donors (Lipinski definition) is 2. The van der Waals surface area contributed by atoms with Gasteiger partial charge in [0, 0.05) is 10.6 Å². The highest BCUT2D eigenvalue weighted by Crippen LogP contribution is 2.29. The third kappa shape index (κ3) is 3.68. The topological polar surface area (TPSA) is 99.9 Å². The molecule has 1 saturated heterocycles. The van der Waals surface area contributed by atoms with Crippen molar-refractivity contribution in [1.29, 1.82) is 0 Å². The summed E-state index contributed by atoms with van der Waals surface area (Å²) in [6.07, 6.45) is 1.34. The fourth-order valence-corrected chi connectivity index (χ4v) is 3.29. The van der Waals surface area contributed by atoms with E-state index in [1.165, 1.54) is 18.2 Å². The lowest BCUT2D eigenvalue weighted by Gasteiger charge is -2.14. The zero-order valence-electron chi connectivity index (χ0n) is 15.1. The van der Waals surface area contributed by atoms with Gasteiger partial charge in [-0.25, -0.2) is 9.80 Å². The number of nitrogens with one attached hydrogen (secondary N) is 1. The second-order valence-corrected chi connectivity index (χ2v) is 7.16. The Labute approximate surface area is 180 Å². The van der Waals surface area contributed by atoms with Gasteiger partial charge in [0.25, 0.3) is 11.8 Å². The molecule has 4 rings (SSSR count). The summed E-state index contributed by atoms with van der Waals surface area (Å²) in [7, 11) is 0. The number of anilines is 1. The van der Waals surface area contributed by atoms with Crippen LogP contribution in [0.5, 0.6) is 0 Å². The number of amides is 2. The van der Waals surface area contributed by atoms with Crippen LogP contribution in [0, 0.1) is 0 Å². The zero-order valence-corrected chi connectivity index (χ0v) is 16.6. The fourth-order valence-electron chi connectivity index (χ4n) is 2.90. The maximum Gasteiger partial charge on any atom is 0.337 e. The standard InChI is InChI=1S/C21H12Cl2N2O5/c22-12-2-4-13(5-3-12)25-20(27)16(19(26)24-25)10-14-6-8-18(30-14)11-1-7-15(21(28)29)17(23)9-11/h1-10H,(H,24,26)(H,28,29)/b16-10+. The maximum absolute atomic E-state index is 12.7. The Balaban J connectivity index is 1.60. The van der Waals surface area contributed by atoms with Crippen molar-refractivity contribution in [1.82, 2.24) is 5.43 Å². The van der Waals surface area contributed by atoms with Crippen molar-refractivity contribution >= 4 is 52.7 Å². The molecule has 0 bridgehead atoms. The van der Waals surface area contributed by atoms with E-state index in [0.29, 0.717) is 22.0 Å². The SMILES string of the molecule is O=C1NN(c2ccc(Cl)cc2)C(=O)/C1=C/c1ccc(-c2ccc(C(=O)O)c(Cl)c2)o1. The predicted octanol–water partition coefficient (Wildman–Crippen LogP) is 4.41. The van der Waals surface area contributed by atoms with Crippen molar-refractivity contribution in [2.45, 2.75) is 0 Å². The van der Waals surface area contributed by atoms with Crippen molar-refractivity contribution in [3.05, 3.63) is 81.5 Å². The van der Waals surface area contributed by atoms with E-state index in [4.69, 9.17) is 32.7 Å². The summed E-state index contributed by atoms with van der Waals surface area (Å²) in [5, 5.41) is 10.8. The number of benzene rings is 2. The number of carboxylic acid groups (broad SMARTS) is 1. The minimum absolute atomic E-state index is 0.0233. The van der Waals surface area contributed by atoms with Crippen LogP contribution >= 0.6 is 23.2 Å². The van der Waals surface area contributed by atoms with Gasteiger partial charge in [-0.05, 0) is 54.6 Å². The third-order valence-electron chi connectivity index (χ3n) is 4.37. The molecule has 2 aromatic carbocycles. The fraction of sp³-hybridized carbons (Fsp3) is 0. The van der Waals surface area contributed by atoms with Crippen LogP contribution in [0.15, 0.2) is 64.6 Å². The first-order valence-electron chi connectivity index (χ1n) is 8.59. The quantitative estimate of drug-likeness (QED) is 0.460. The highest BCUT2D eigenvalue weighted by atomic mass is 35.5. The number of hydrogen-bond acceptors (Lipinski definition) is 4. The average Bonchev–Trinajstić information content (AvgIpc) is 3.29. The van der Waals surface area contributed by atoms with E-state index >= 15 is 0 Å². The van der Waals surface area contributed by atoms with Crippen molar-refractivity contribution in [2.24, 2.45) is 0 Å².